The van der Waals surface area contributed by atoms with Gasteiger partial charge < -0.3 is 9.30 Å². The molecule has 3 rings (SSSR count). The lowest BCUT2D eigenvalue weighted by atomic mass is 10.3. The zero-order chi connectivity index (χ0) is 19.8. The number of hydrogen-bond acceptors (Lipinski definition) is 7. The summed E-state index contributed by atoms with van der Waals surface area (Å²) in [5, 5.41) is 5.17. The van der Waals surface area contributed by atoms with E-state index >= 15 is 0 Å². The van der Waals surface area contributed by atoms with Gasteiger partial charge in [0.25, 0.3) is 10.0 Å². The van der Waals surface area contributed by atoms with Gasteiger partial charge in [0.05, 0.1) is 26.1 Å². The van der Waals surface area contributed by atoms with E-state index in [1.165, 1.54) is 31.4 Å². The lowest BCUT2D eigenvalue weighted by molar-refractivity contribution is 0.187. The van der Waals surface area contributed by atoms with Gasteiger partial charge in [0, 0.05) is 13.7 Å². The highest BCUT2D eigenvalue weighted by Gasteiger charge is 2.18. The van der Waals surface area contributed by atoms with Crippen molar-refractivity contribution in [3.8, 4) is 0 Å². The summed E-state index contributed by atoms with van der Waals surface area (Å²) in [5.41, 5.74) is 0.627. The van der Waals surface area contributed by atoms with Gasteiger partial charge in [-0.3, -0.25) is 0 Å². The van der Waals surface area contributed by atoms with Crippen molar-refractivity contribution in [3.05, 3.63) is 39.5 Å². The number of sulfonamides is 2. The second-order valence-electron chi connectivity index (χ2n) is 5.33. The highest BCUT2D eigenvalue weighted by molar-refractivity contribution is 7.92. The third-order valence-corrected chi connectivity index (χ3v) is 8.54. The van der Waals surface area contributed by atoms with Crippen LogP contribution in [0.5, 0.6) is 0 Å². The predicted molar refractivity (Wildman–Crippen MR) is 105 cm³/mol. The number of primary sulfonamides is 1. The molecule has 3 aromatic rings. The van der Waals surface area contributed by atoms with E-state index in [2.05, 4.69) is 4.40 Å². The minimum Gasteiger partial charge on any atom is -0.383 e. The molecule has 0 unspecified atom stereocenters. The second kappa shape index (κ2) is 7.62. The van der Waals surface area contributed by atoms with Crippen molar-refractivity contribution in [1.29, 1.82) is 0 Å². The van der Waals surface area contributed by atoms with Crippen LogP contribution >= 0.6 is 34.3 Å². The molecule has 0 aliphatic rings. The van der Waals surface area contributed by atoms with E-state index in [1.54, 1.807) is 10.6 Å². The number of halogens is 1. The number of thiophene rings is 1. The van der Waals surface area contributed by atoms with Crippen LogP contribution in [0, 0.1) is 0 Å². The standard InChI is InChI=1S/C14H14ClN3O5S4/c1-23-7-6-18-10-3-2-9(26(16,19)20)8-11(10)24-14(18)17-27(21,22)13-5-4-12(15)25-13/h2-5,8H,6-7H2,1H3,(H2,16,19,20). The first-order valence-electron chi connectivity index (χ1n) is 7.33. The van der Waals surface area contributed by atoms with Gasteiger partial charge in [-0.25, -0.2) is 13.6 Å². The van der Waals surface area contributed by atoms with Crippen LogP contribution in [-0.4, -0.2) is 35.1 Å². The average Bonchev–Trinajstić information content (AvgIpc) is 3.15. The molecule has 8 nitrogen and oxygen atoms in total. The molecule has 146 valence electrons. The number of aromatic nitrogens is 1. The summed E-state index contributed by atoms with van der Waals surface area (Å²) in [6.45, 7) is 0.658. The highest BCUT2D eigenvalue weighted by atomic mass is 35.5. The second-order valence-corrected chi connectivity index (χ2v) is 11.4. The predicted octanol–water partition coefficient (Wildman–Crippen LogP) is 2.00. The van der Waals surface area contributed by atoms with Crippen LogP contribution in [0.2, 0.25) is 4.34 Å². The van der Waals surface area contributed by atoms with Gasteiger partial charge in [0.15, 0.2) is 0 Å². The molecule has 0 atom stereocenters. The average molecular weight is 468 g/mol. The molecule has 27 heavy (non-hydrogen) atoms. The molecule has 2 heterocycles. The van der Waals surface area contributed by atoms with E-state index in [4.69, 9.17) is 21.5 Å². The maximum absolute atomic E-state index is 12.6. The number of benzene rings is 1. The number of nitrogens with two attached hydrogens (primary N) is 1. The molecule has 2 N–H and O–H groups in total. The van der Waals surface area contributed by atoms with E-state index in [0.717, 1.165) is 22.7 Å². The zero-order valence-electron chi connectivity index (χ0n) is 13.8. The lowest BCUT2D eigenvalue weighted by Gasteiger charge is -2.05. The van der Waals surface area contributed by atoms with Crippen LogP contribution in [0.4, 0.5) is 0 Å². The minimum absolute atomic E-state index is 0.0217. The molecule has 0 saturated carbocycles. The monoisotopic (exact) mass is 467 g/mol. The van der Waals surface area contributed by atoms with Crippen molar-refractivity contribution in [2.45, 2.75) is 15.6 Å². The highest BCUT2D eigenvalue weighted by Crippen LogP contribution is 2.27. The Hall–Kier alpha value is -1.28. The molecule has 0 amide bonds. The van der Waals surface area contributed by atoms with Crippen LogP contribution < -0.4 is 9.94 Å². The third-order valence-electron chi connectivity index (χ3n) is 3.50. The van der Waals surface area contributed by atoms with Crippen LogP contribution in [0.25, 0.3) is 10.2 Å². The van der Waals surface area contributed by atoms with Crippen LogP contribution in [0.1, 0.15) is 0 Å². The smallest absolute Gasteiger partial charge is 0.294 e. The third kappa shape index (κ3) is 4.42. The first-order valence-corrected chi connectivity index (χ1v) is 12.3. The Morgan fingerprint density at radius 1 is 1.19 bits per heavy atom. The fraction of sp³-hybridized carbons (Fsp3) is 0.214. The fourth-order valence-electron chi connectivity index (χ4n) is 2.28. The van der Waals surface area contributed by atoms with Crippen molar-refractivity contribution in [1.82, 2.24) is 4.57 Å². The maximum atomic E-state index is 12.6. The van der Waals surface area contributed by atoms with E-state index in [-0.39, 0.29) is 13.9 Å². The summed E-state index contributed by atoms with van der Waals surface area (Å²) in [6, 6.07) is 7.20. The first kappa shape index (κ1) is 20.5. The number of rotatable bonds is 6. The van der Waals surface area contributed by atoms with Crippen molar-refractivity contribution in [2.24, 2.45) is 9.54 Å². The zero-order valence-corrected chi connectivity index (χ0v) is 17.8. The number of thiazole rings is 1. The van der Waals surface area contributed by atoms with Crippen LogP contribution in [0.15, 0.2) is 43.8 Å². The van der Waals surface area contributed by atoms with Crippen molar-refractivity contribution >= 4 is 64.5 Å². The molecule has 0 spiro atoms. The summed E-state index contributed by atoms with van der Waals surface area (Å²) in [7, 11) is -6.32. The summed E-state index contributed by atoms with van der Waals surface area (Å²) in [4.78, 5) is 0.132. The summed E-state index contributed by atoms with van der Waals surface area (Å²) >= 11 is 7.77. The topological polar surface area (TPSA) is 121 Å². The fourth-order valence-corrected chi connectivity index (χ4v) is 6.66. The first-order chi connectivity index (χ1) is 12.6. The van der Waals surface area contributed by atoms with E-state index in [1.807, 2.05) is 0 Å². The molecule has 0 bridgehead atoms. The molecule has 0 aliphatic heterocycles. The largest absolute Gasteiger partial charge is 0.383 e. The number of nitrogens with zero attached hydrogens (tertiary/aromatic N) is 2. The van der Waals surface area contributed by atoms with E-state index < -0.39 is 20.0 Å². The Kier molecular flexibility index (Phi) is 5.77. The van der Waals surface area contributed by atoms with E-state index in [9.17, 15) is 16.8 Å². The normalized spacial score (nSPS) is 13.5. The molecule has 2 aromatic heterocycles. The molecule has 0 radical (unpaired) electrons. The quantitative estimate of drug-likeness (QED) is 0.594. The Labute approximate surface area is 168 Å². The Morgan fingerprint density at radius 3 is 2.52 bits per heavy atom. The van der Waals surface area contributed by atoms with E-state index in [0.29, 0.717) is 27.7 Å². The number of methoxy groups -OCH3 is 1. The lowest BCUT2D eigenvalue weighted by Crippen LogP contribution is -2.19. The van der Waals surface area contributed by atoms with Gasteiger partial charge in [-0.15, -0.1) is 15.7 Å². The Balaban J connectivity index is 2.24. The van der Waals surface area contributed by atoms with Crippen molar-refractivity contribution in [2.75, 3.05) is 13.7 Å². The number of hydrogen-bond donors (Lipinski definition) is 1. The van der Waals surface area contributed by atoms with Gasteiger partial charge >= 0.3 is 0 Å². The van der Waals surface area contributed by atoms with Crippen LogP contribution in [-0.2, 0) is 31.3 Å². The van der Waals surface area contributed by atoms with Gasteiger partial charge in [-0.05, 0) is 30.3 Å². The van der Waals surface area contributed by atoms with Gasteiger partial charge in [0.2, 0.25) is 14.8 Å². The minimum atomic E-state index is -3.96. The van der Waals surface area contributed by atoms with Gasteiger partial charge in [0.1, 0.15) is 4.21 Å². The van der Waals surface area contributed by atoms with Gasteiger partial charge in [-0.1, -0.05) is 22.9 Å². The summed E-state index contributed by atoms with van der Waals surface area (Å²) < 4.78 is 59.9. The molecule has 0 saturated heterocycles. The Bertz CT molecular complexity index is 1270. The molecular formula is C14H14ClN3O5S4. The van der Waals surface area contributed by atoms with Crippen molar-refractivity contribution in [3.63, 3.8) is 0 Å². The SMILES string of the molecule is COCCn1c(=NS(=O)(=O)c2ccc(Cl)s2)sc2cc(S(N)(=O)=O)ccc21. The molecule has 13 heteroatoms. The molecule has 1 aromatic carbocycles. The Morgan fingerprint density at radius 2 is 1.93 bits per heavy atom. The summed E-state index contributed by atoms with van der Waals surface area (Å²) in [5.74, 6) is 0. The number of ether oxygens (including phenoxy) is 1. The maximum Gasteiger partial charge on any atom is 0.294 e. The summed E-state index contributed by atoms with van der Waals surface area (Å²) in [6.07, 6.45) is 0. The van der Waals surface area contributed by atoms with Crippen molar-refractivity contribution < 1.29 is 21.6 Å². The molecule has 0 aliphatic carbocycles. The molecular weight excluding hydrogens is 454 g/mol. The van der Waals surface area contributed by atoms with Crippen LogP contribution in [0.3, 0.4) is 0 Å². The number of fused-ring (bicyclic) bond motifs is 1. The molecule has 0 fully saturated rings. The van der Waals surface area contributed by atoms with Gasteiger partial charge in [-0.2, -0.15) is 8.42 Å².